The van der Waals surface area contributed by atoms with Gasteiger partial charge in [-0.2, -0.15) is 0 Å². The molecule has 0 aliphatic carbocycles. The van der Waals surface area contributed by atoms with E-state index in [4.69, 9.17) is 16.3 Å². The molecule has 6 nitrogen and oxygen atoms in total. The van der Waals surface area contributed by atoms with E-state index in [1.165, 1.54) is 6.07 Å². The van der Waals surface area contributed by atoms with Crippen LogP contribution in [0, 0.1) is 0 Å². The van der Waals surface area contributed by atoms with Crippen LogP contribution in [0.1, 0.15) is 41.0 Å². The quantitative estimate of drug-likeness (QED) is 0.709. The van der Waals surface area contributed by atoms with Gasteiger partial charge in [0.15, 0.2) is 6.61 Å². The third-order valence-electron chi connectivity index (χ3n) is 3.86. The smallest absolute Gasteiger partial charge is 0.340 e. The highest BCUT2D eigenvalue weighted by Gasteiger charge is 2.17. The lowest BCUT2D eigenvalue weighted by Gasteiger charge is -2.13. The molecule has 0 radical (unpaired) electrons. The first-order valence-electron chi connectivity index (χ1n) is 8.53. The van der Waals surface area contributed by atoms with Gasteiger partial charge in [-0.1, -0.05) is 30.7 Å². The van der Waals surface area contributed by atoms with Crippen LogP contribution in [0.2, 0.25) is 5.02 Å². The van der Waals surface area contributed by atoms with E-state index in [1.54, 1.807) is 42.5 Å². The molecule has 2 aromatic carbocycles. The van der Waals surface area contributed by atoms with Crippen LogP contribution in [0.15, 0.2) is 48.5 Å². The standard InChI is InChI=1S/C20H21ClN2O4/c1-3-13(2)22-18(24)12-27-20(26)16-6-4-5-7-17(16)23-19(25)14-8-10-15(21)11-9-14/h4-11,13H,3,12H2,1-2H3,(H,22,24)(H,23,25)/t13-/m1/s1. The minimum absolute atomic E-state index is 0.00199. The Morgan fingerprint density at radius 1 is 1.07 bits per heavy atom. The van der Waals surface area contributed by atoms with Crippen molar-refractivity contribution in [2.45, 2.75) is 26.3 Å². The van der Waals surface area contributed by atoms with Crippen molar-refractivity contribution in [3.05, 3.63) is 64.7 Å². The maximum Gasteiger partial charge on any atom is 0.340 e. The summed E-state index contributed by atoms with van der Waals surface area (Å²) in [5, 5.41) is 5.90. The van der Waals surface area contributed by atoms with Gasteiger partial charge >= 0.3 is 5.97 Å². The molecule has 0 fully saturated rings. The molecule has 0 saturated heterocycles. The fourth-order valence-electron chi connectivity index (χ4n) is 2.19. The number of ether oxygens (including phenoxy) is 1. The maximum absolute atomic E-state index is 12.4. The third-order valence-corrected chi connectivity index (χ3v) is 4.11. The summed E-state index contributed by atoms with van der Waals surface area (Å²) in [4.78, 5) is 36.4. The number of halogens is 1. The second-order valence-electron chi connectivity index (χ2n) is 5.96. The van der Waals surface area contributed by atoms with Crippen LogP contribution in [0.25, 0.3) is 0 Å². The summed E-state index contributed by atoms with van der Waals surface area (Å²) in [5.41, 5.74) is 0.858. The van der Waals surface area contributed by atoms with Crippen LogP contribution in [0.4, 0.5) is 5.69 Å². The molecule has 0 spiro atoms. The number of hydrogen-bond donors (Lipinski definition) is 2. The fraction of sp³-hybridized carbons (Fsp3) is 0.250. The summed E-state index contributed by atoms with van der Waals surface area (Å²) in [6.45, 7) is 3.42. The first-order valence-corrected chi connectivity index (χ1v) is 8.91. The summed E-state index contributed by atoms with van der Waals surface area (Å²) in [6.07, 6.45) is 0.777. The van der Waals surface area contributed by atoms with Crippen LogP contribution < -0.4 is 10.6 Å². The number of amides is 2. The molecular weight excluding hydrogens is 368 g/mol. The SMILES string of the molecule is CC[C@@H](C)NC(=O)COC(=O)c1ccccc1NC(=O)c1ccc(Cl)cc1. The molecule has 0 saturated carbocycles. The molecule has 0 unspecified atom stereocenters. The minimum atomic E-state index is -0.693. The van der Waals surface area contributed by atoms with Crippen LogP contribution in [0.3, 0.4) is 0 Å². The van der Waals surface area contributed by atoms with Gasteiger partial charge in [0.05, 0.1) is 11.3 Å². The minimum Gasteiger partial charge on any atom is -0.452 e. The molecular formula is C20H21ClN2O4. The van der Waals surface area contributed by atoms with Crippen LogP contribution in [-0.4, -0.2) is 30.4 Å². The Morgan fingerprint density at radius 3 is 2.41 bits per heavy atom. The molecule has 142 valence electrons. The lowest BCUT2D eigenvalue weighted by molar-refractivity contribution is -0.124. The van der Waals surface area contributed by atoms with E-state index in [0.29, 0.717) is 16.3 Å². The molecule has 2 amide bonds. The van der Waals surface area contributed by atoms with E-state index in [0.717, 1.165) is 6.42 Å². The Morgan fingerprint density at radius 2 is 1.74 bits per heavy atom. The second-order valence-corrected chi connectivity index (χ2v) is 6.40. The van der Waals surface area contributed by atoms with Gasteiger partial charge in [-0.25, -0.2) is 4.79 Å². The van der Waals surface area contributed by atoms with Crippen LogP contribution in [0.5, 0.6) is 0 Å². The van der Waals surface area contributed by atoms with Crippen molar-refractivity contribution >= 4 is 35.1 Å². The first-order chi connectivity index (χ1) is 12.9. The number of hydrogen-bond acceptors (Lipinski definition) is 4. The number of carbonyl (C=O) groups is 3. The molecule has 2 rings (SSSR count). The van der Waals surface area contributed by atoms with E-state index in [9.17, 15) is 14.4 Å². The lowest BCUT2D eigenvalue weighted by Crippen LogP contribution is -2.35. The Kier molecular flexibility index (Phi) is 7.37. The third kappa shape index (κ3) is 6.11. The first kappa shape index (κ1) is 20.5. The van der Waals surface area contributed by atoms with Crippen LogP contribution >= 0.6 is 11.6 Å². The monoisotopic (exact) mass is 388 g/mol. The average molecular weight is 389 g/mol. The van der Waals surface area contributed by atoms with Gasteiger partial charge in [-0.3, -0.25) is 9.59 Å². The van der Waals surface area contributed by atoms with Crippen molar-refractivity contribution in [2.24, 2.45) is 0 Å². The Bertz CT molecular complexity index is 821. The number of nitrogens with one attached hydrogen (secondary N) is 2. The van der Waals surface area contributed by atoms with E-state index in [1.807, 2.05) is 13.8 Å². The fourth-order valence-corrected chi connectivity index (χ4v) is 2.32. The number of esters is 1. The van der Waals surface area contributed by atoms with E-state index in [2.05, 4.69) is 10.6 Å². The van der Waals surface area contributed by atoms with Crippen molar-refractivity contribution in [1.82, 2.24) is 5.32 Å². The Labute approximate surface area is 162 Å². The molecule has 0 aliphatic rings. The van der Waals surface area contributed by atoms with Gasteiger partial charge in [-0.05, 0) is 49.7 Å². The molecule has 27 heavy (non-hydrogen) atoms. The number of benzene rings is 2. The number of para-hydroxylation sites is 1. The highest BCUT2D eigenvalue weighted by molar-refractivity contribution is 6.30. The molecule has 0 heterocycles. The second kappa shape index (κ2) is 9.73. The van der Waals surface area contributed by atoms with Gasteiger partial charge in [0, 0.05) is 16.6 Å². The van der Waals surface area contributed by atoms with Crippen molar-refractivity contribution in [2.75, 3.05) is 11.9 Å². The van der Waals surface area contributed by atoms with Gasteiger partial charge in [0.2, 0.25) is 0 Å². The summed E-state index contributed by atoms with van der Waals surface area (Å²) in [5.74, 6) is -1.46. The topological polar surface area (TPSA) is 84.5 Å². The van der Waals surface area contributed by atoms with Gasteiger partial charge in [0.1, 0.15) is 0 Å². The molecule has 0 aliphatic heterocycles. The molecule has 2 N–H and O–H groups in total. The van der Waals surface area contributed by atoms with Crippen molar-refractivity contribution in [1.29, 1.82) is 0 Å². The molecule has 7 heteroatoms. The van der Waals surface area contributed by atoms with E-state index < -0.39 is 5.97 Å². The maximum atomic E-state index is 12.4. The largest absolute Gasteiger partial charge is 0.452 e. The predicted octanol–water partition coefficient (Wildman–Crippen LogP) is 3.66. The molecule has 1 atom stereocenters. The predicted molar refractivity (Wildman–Crippen MR) is 104 cm³/mol. The highest BCUT2D eigenvalue weighted by Crippen LogP contribution is 2.18. The molecule has 2 aromatic rings. The van der Waals surface area contributed by atoms with Crippen molar-refractivity contribution < 1.29 is 19.1 Å². The van der Waals surface area contributed by atoms with E-state index in [-0.39, 0.29) is 30.0 Å². The van der Waals surface area contributed by atoms with Gasteiger partial charge in [0.25, 0.3) is 11.8 Å². The Balaban J connectivity index is 2.04. The number of anilines is 1. The number of carbonyl (C=O) groups excluding carboxylic acids is 3. The average Bonchev–Trinajstić information content (AvgIpc) is 2.66. The normalized spacial score (nSPS) is 11.4. The van der Waals surface area contributed by atoms with Crippen molar-refractivity contribution in [3.63, 3.8) is 0 Å². The zero-order chi connectivity index (χ0) is 19.8. The molecule has 0 bridgehead atoms. The summed E-state index contributed by atoms with van der Waals surface area (Å²) in [7, 11) is 0. The zero-order valence-corrected chi connectivity index (χ0v) is 15.9. The molecule has 0 aromatic heterocycles. The van der Waals surface area contributed by atoms with Crippen molar-refractivity contribution in [3.8, 4) is 0 Å². The summed E-state index contributed by atoms with van der Waals surface area (Å²) in [6, 6.07) is 12.8. The number of rotatable bonds is 7. The van der Waals surface area contributed by atoms with Crippen LogP contribution in [-0.2, 0) is 9.53 Å². The summed E-state index contributed by atoms with van der Waals surface area (Å²) < 4.78 is 5.06. The van der Waals surface area contributed by atoms with E-state index >= 15 is 0 Å². The van der Waals surface area contributed by atoms with Gasteiger partial charge in [-0.15, -0.1) is 0 Å². The zero-order valence-electron chi connectivity index (χ0n) is 15.1. The summed E-state index contributed by atoms with van der Waals surface area (Å²) >= 11 is 5.82. The Hall–Kier alpha value is -2.86. The highest BCUT2D eigenvalue weighted by atomic mass is 35.5. The lowest BCUT2D eigenvalue weighted by atomic mass is 10.1. The van der Waals surface area contributed by atoms with Gasteiger partial charge < -0.3 is 15.4 Å².